The van der Waals surface area contributed by atoms with E-state index in [-0.39, 0.29) is 37.0 Å². The molecule has 0 aliphatic heterocycles. The Hall–Kier alpha value is -3.27. The molecule has 1 aromatic carbocycles. The molecule has 0 saturated heterocycles. The smallest absolute Gasteiger partial charge is 0.408 e. The topological polar surface area (TPSA) is 151 Å². The van der Waals surface area contributed by atoms with E-state index in [0.717, 1.165) is 5.56 Å². The van der Waals surface area contributed by atoms with Crippen LogP contribution in [0.15, 0.2) is 30.3 Å². The lowest BCUT2D eigenvalue weighted by Gasteiger charge is -2.22. The van der Waals surface area contributed by atoms with E-state index in [9.17, 15) is 24.0 Å². The molecule has 0 aliphatic carbocycles. The molecule has 0 bridgehead atoms. The highest BCUT2D eigenvalue weighted by molar-refractivity contribution is 5.90. The van der Waals surface area contributed by atoms with Gasteiger partial charge in [0.1, 0.15) is 23.6 Å². The van der Waals surface area contributed by atoms with Crippen molar-refractivity contribution >= 4 is 29.6 Å². The van der Waals surface area contributed by atoms with Gasteiger partial charge in [0, 0.05) is 12.8 Å². The van der Waals surface area contributed by atoms with Crippen LogP contribution >= 0.6 is 0 Å². The maximum Gasteiger partial charge on any atom is 0.408 e. The van der Waals surface area contributed by atoms with Gasteiger partial charge in [0.2, 0.25) is 0 Å². The number of nitrogens with one attached hydrogen (secondary N) is 1. The fraction of sp³-hybridized carbons (Fsp3) is 0.633. The molecular formula is C30H48N2O8. The molecule has 3 N–H and O–H groups in total. The van der Waals surface area contributed by atoms with Crippen LogP contribution in [0.2, 0.25) is 0 Å². The van der Waals surface area contributed by atoms with E-state index in [1.807, 2.05) is 30.3 Å². The van der Waals surface area contributed by atoms with Gasteiger partial charge in [-0.2, -0.15) is 0 Å². The number of ketones is 2. The Labute approximate surface area is 238 Å². The molecule has 4 atom stereocenters. The van der Waals surface area contributed by atoms with Crippen molar-refractivity contribution in [1.29, 1.82) is 0 Å². The van der Waals surface area contributed by atoms with Crippen LogP contribution in [-0.4, -0.2) is 52.9 Å². The van der Waals surface area contributed by atoms with Crippen molar-refractivity contribution in [2.24, 2.45) is 17.6 Å². The van der Waals surface area contributed by atoms with Crippen molar-refractivity contribution in [2.75, 3.05) is 0 Å². The number of carbonyl (C=O) groups excluding carboxylic acids is 5. The molecule has 0 unspecified atom stereocenters. The zero-order valence-corrected chi connectivity index (χ0v) is 25.7. The minimum absolute atomic E-state index is 0.00492. The molecule has 10 heteroatoms. The van der Waals surface area contributed by atoms with Crippen LogP contribution in [0, 0.1) is 11.8 Å². The number of rotatable bonds is 11. The first kappa shape index (κ1) is 36.7. The van der Waals surface area contributed by atoms with Crippen LogP contribution in [0.5, 0.6) is 0 Å². The van der Waals surface area contributed by atoms with E-state index in [4.69, 9.17) is 19.9 Å². The average molecular weight is 565 g/mol. The maximum absolute atomic E-state index is 12.2. The van der Waals surface area contributed by atoms with Crippen LogP contribution in [0.1, 0.15) is 87.6 Å². The third-order valence-corrected chi connectivity index (χ3v) is 5.17. The Bertz CT molecular complexity index is 978. The van der Waals surface area contributed by atoms with E-state index in [1.54, 1.807) is 69.2 Å². The number of benzene rings is 1. The molecule has 0 aliphatic rings. The van der Waals surface area contributed by atoms with Gasteiger partial charge in [-0.3, -0.25) is 19.2 Å². The number of Topliss-reactive ketones (excluding diaryl/α,β-unsaturated/α-hetero) is 2. The summed E-state index contributed by atoms with van der Waals surface area (Å²) in [5, 5.41) is 2.48. The zero-order valence-electron chi connectivity index (χ0n) is 25.7. The van der Waals surface area contributed by atoms with Crippen LogP contribution < -0.4 is 11.1 Å². The summed E-state index contributed by atoms with van der Waals surface area (Å²) in [7, 11) is 0. The van der Waals surface area contributed by atoms with Gasteiger partial charge in [-0.05, 0) is 61.0 Å². The maximum atomic E-state index is 12.2. The second-order valence-electron chi connectivity index (χ2n) is 11.9. The number of amides is 1. The number of hydrogen-bond donors (Lipinski definition) is 2. The monoisotopic (exact) mass is 564 g/mol. The van der Waals surface area contributed by atoms with Gasteiger partial charge in [-0.25, -0.2) is 4.79 Å². The van der Waals surface area contributed by atoms with Gasteiger partial charge < -0.3 is 25.3 Å². The van der Waals surface area contributed by atoms with Crippen LogP contribution in [0.4, 0.5) is 4.79 Å². The first-order valence-electron chi connectivity index (χ1n) is 13.5. The third kappa shape index (κ3) is 17.3. The molecule has 0 aromatic heterocycles. The second-order valence-corrected chi connectivity index (χ2v) is 11.9. The predicted molar refractivity (Wildman–Crippen MR) is 152 cm³/mol. The molecule has 226 valence electrons. The van der Waals surface area contributed by atoms with E-state index in [2.05, 4.69) is 5.32 Å². The molecule has 40 heavy (non-hydrogen) atoms. The zero-order chi connectivity index (χ0) is 31.3. The highest BCUT2D eigenvalue weighted by Gasteiger charge is 2.27. The van der Waals surface area contributed by atoms with E-state index >= 15 is 0 Å². The van der Waals surface area contributed by atoms with Crippen molar-refractivity contribution in [3.8, 4) is 0 Å². The van der Waals surface area contributed by atoms with Crippen LogP contribution in [0.25, 0.3) is 0 Å². The lowest BCUT2D eigenvalue weighted by molar-refractivity contribution is -0.161. The van der Waals surface area contributed by atoms with E-state index in [1.165, 1.54) is 0 Å². The molecule has 0 spiro atoms. The number of carbonyl (C=O) groups is 5. The summed E-state index contributed by atoms with van der Waals surface area (Å²) in [6.45, 7) is 17.3. The molecule has 1 aromatic rings. The van der Waals surface area contributed by atoms with Gasteiger partial charge >= 0.3 is 18.0 Å². The van der Waals surface area contributed by atoms with Gasteiger partial charge in [0.05, 0.1) is 23.9 Å². The lowest BCUT2D eigenvalue weighted by atomic mass is 10.0. The average Bonchev–Trinajstić information content (AvgIpc) is 2.81. The number of ether oxygens (including phenoxy) is 3. The summed E-state index contributed by atoms with van der Waals surface area (Å²) in [4.78, 5) is 58.6. The van der Waals surface area contributed by atoms with Crippen molar-refractivity contribution in [3.05, 3.63) is 35.9 Å². The fourth-order valence-electron chi connectivity index (χ4n) is 2.96. The summed E-state index contributed by atoms with van der Waals surface area (Å²) in [6, 6.07) is 7.98. The van der Waals surface area contributed by atoms with Crippen LogP contribution in [-0.2, 0) is 40.0 Å². The van der Waals surface area contributed by atoms with Crippen molar-refractivity contribution < 1.29 is 38.2 Å². The van der Waals surface area contributed by atoms with Crippen molar-refractivity contribution in [3.63, 3.8) is 0 Å². The standard InChI is InChI=1S/C19H27NO5.C11H21NO3/c1-13(17(22)25-19(3,4)5)11-16(21)14(2)20-18(23)24-12-15-9-7-6-8-10-15;1-7(6-9(13)8(2)12)10(14)15-11(3,4)5/h6-10,13-14H,11-12H2,1-5H3,(H,20,23);7-8H,6,12H2,1-5H3/t13-,14-;7-,8-/m00/s1. The van der Waals surface area contributed by atoms with Gasteiger partial charge in [0.25, 0.3) is 0 Å². The molecule has 0 saturated carbocycles. The summed E-state index contributed by atoms with van der Waals surface area (Å²) < 4.78 is 15.5. The number of alkyl carbamates (subject to hydrolysis) is 1. The summed E-state index contributed by atoms with van der Waals surface area (Å²) >= 11 is 0. The molecule has 1 rings (SSSR count). The minimum atomic E-state index is -0.742. The minimum Gasteiger partial charge on any atom is -0.460 e. The molecule has 0 fully saturated rings. The van der Waals surface area contributed by atoms with Gasteiger partial charge in [-0.1, -0.05) is 44.2 Å². The molecular weight excluding hydrogens is 516 g/mol. The normalized spacial score (nSPS) is 14.3. The number of esters is 2. The van der Waals surface area contributed by atoms with Crippen LogP contribution in [0.3, 0.4) is 0 Å². The van der Waals surface area contributed by atoms with E-state index < -0.39 is 47.2 Å². The van der Waals surface area contributed by atoms with Crippen molar-refractivity contribution in [1.82, 2.24) is 5.32 Å². The Kier molecular flexibility index (Phi) is 15.4. The first-order valence-corrected chi connectivity index (χ1v) is 13.5. The fourth-order valence-corrected chi connectivity index (χ4v) is 2.96. The number of hydrogen-bond acceptors (Lipinski definition) is 9. The first-order chi connectivity index (χ1) is 18.2. The summed E-state index contributed by atoms with van der Waals surface area (Å²) in [5.74, 6) is -2.15. The van der Waals surface area contributed by atoms with E-state index in [0.29, 0.717) is 0 Å². The Morgan fingerprint density at radius 3 is 1.57 bits per heavy atom. The largest absolute Gasteiger partial charge is 0.460 e. The molecule has 10 nitrogen and oxygen atoms in total. The van der Waals surface area contributed by atoms with Crippen molar-refractivity contribution in [2.45, 2.75) is 112 Å². The SMILES string of the molecule is C[C@H](N)C(=O)C[C@H](C)C(=O)OC(C)(C)C.C[C@H](NC(=O)OCc1ccccc1)C(=O)C[C@H](C)C(=O)OC(C)(C)C. The van der Waals surface area contributed by atoms with Gasteiger partial charge in [-0.15, -0.1) is 0 Å². The third-order valence-electron chi connectivity index (χ3n) is 5.17. The Balaban J connectivity index is 0.000000868. The predicted octanol–water partition coefficient (Wildman–Crippen LogP) is 4.51. The number of nitrogens with two attached hydrogens (primary N) is 1. The molecule has 0 heterocycles. The second kappa shape index (κ2) is 16.7. The molecule has 0 radical (unpaired) electrons. The highest BCUT2D eigenvalue weighted by Crippen LogP contribution is 2.15. The highest BCUT2D eigenvalue weighted by atomic mass is 16.6. The molecule has 1 amide bonds. The summed E-state index contributed by atoms with van der Waals surface area (Å²) in [5.41, 5.74) is 5.16. The Morgan fingerprint density at radius 1 is 0.750 bits per heavy atom. The van der Waals surface area contributed by atoms with Gasteiger partial charge in [0.15, 0.2) is 5.78 Å². The quantitative estimate of drug-likeness (QED) is 0.292. The Morgan fingerprint density at radius 2 is 1.18 bits per heavy atom. The lowest BCUT2D eigenvalue weighted by Crippen LogP contribution is -2.40. The summed E-state index contributed by atoms with van der Waals surface area (Å²) in [6.07, 6.45) is -0.531.